The number of benzene rings is 2. The van der Waals surface area contributed by atoms with Gasteiger partial charge in [-0.05, 0) is 53.7 Å². The Balaban J connectivity index is 2.17. The number of carbonyl (C=O) groups is 1. The molecule has 1 aliphatic rings. The third-order valence-electron chi connectivity index (χ3n) is 5.40. The largest absolute Gasteiger partial charge is 0.507 e. The highest BCUT2D eigenvalue weighted by atomic mass is 32.2. The van der Waals surface area contributed by atoms with Crippen molar-refractivity contribution in [3.8, 4) is 5.75 Å². The van der Waals surface area contributed by atoms with Crippen LogP contribution in [0.1, 0.15) is 65.2 Å². The number of aliphatic hydroxyl groups excluding tert-OH is 1. The molecule has 0 amide bonds. The summed E-state index contributed by atoms with van der Waals surface area (Å²) < 4.78 is 5.19. The van der Waals surface area contributed by atoms with Crippen LogP contribution in [0.25, 0.3) is 6.08 Å². The van der Waals surface area contributed by atoms with Gasteiger partial charge >= 0.3 is 5.97 Å². The van der Waals surface area contributed by atoms with E-state index >= 15 is 0 Å². The molecule has 0 unspecified atom stereocenters. The Hall–Kier alpha value is -2.99. The van der Waals surface area contributed by atoms with E-state index in [4.69, 9.17) is 4.74 Å². The van der Waals surface area contributed by atoms with Crippen LogP contribution < -0.4 is 0 Å². The van der Waals surface area contributed by atoms with E-state index in [1.807, 2.05) is 48.5 Å². The molecule has 1 aliphatic heterocycles. The molecule has 0 saturated carbocycles. The molecule has 180 valence electrons. The number of para-hydroxylation sites is 1. The van der Waals surface area contributed by atoms with Gasteiger partial charge in [-0.3, -0.25) is 0 Å². The smallest absolute Gasteiger partial charge is 0.344 e. The minimum Gasteiger partial charge on any atom is -0.507 e. The number of hydrogen-bond acceptors (Lipinski definition) is 6. The second-order valence-electron chi connectivity index (χ2n) is 10.3. The van der Waals surface area contributed by atoms with E-state index in [0.29, 0.717) is 21.4 Å². The molecule has 2 aromatic rings. The zero-order valence-electron chi connectivity index (χ0n) is 20.9. The van der Waals surface area contributed by atoms with Crippen LogP contribution in [0.3, 0.4) is 0 Å². The molecule has 1 heterocycles. The molecular formula is C28H33NO4S. The number of esters is 1. The van der Waals surface area contributed by atoms with E-state index in [1.165, 1.54) is 11.8 Å². The normalized spacial score (nSPS) is 17.0. The van der Waals surface area contributed by atoms with Crippen molar-refractivity contribution in [1.82, 2.24) is 0 Å². The molecule has 5 nitrogen and oxygen atoms in total. The van der Waals surface area contributed by atoms with E-state index in [0.717, 1.165) is 16.7 Å². The van der Waals surface area contributed by atoms with E-state index < -0.39 is 5.97 Å². The predicted octanol–water partition coefficient (Wildman–Crippen LogP) is 7.18. The summed E-state index contributed by atoms with van der Waals surface area (Å²) >= 11 is 1.23. The fraction of sp³-hybridized carbons (Fsp3) is 0.357. The number of nitrogens with zero attached hydrogens (tertiary/aromatic N) is 1. The van der Waals surface area contributed by atoms with Crippen LogP contribution in [-0.2, 0) is 20.4 Å². The number of hydrogen-bond donors (Lipinski definition) is 2. The molecule has 0 bridgehead atoms. The van der Waals surface area contributed by atoms with Crippen molar-refractivity contribution in [2.75, 3.05) is 6.61 Å². The molecule has 0 spiro atoms. The minimum absolute atomic E-state index is 0.0628. The first kappa shape index (κ1) is 25.6. The molecule has 0 saturated heterocycles. The average molecular weight is 480 g/mol. The Morgan fingerprint density at radius 2 is 1.56 bits per heavy atom. The average Bonchev–Trinajstić information content (AvgIpc) is 3.03. The van der Waals surface area contributed by atoms with Gasteiger partial charge in [0.2, 0.25) is 0 Å². The summed E-state index contributed by atoms with van der Waals surface area (Å²) in [4.78, 5) is 17.8. The summed E-state index contributed by atoms with van der Waals surface area (Å²) in [6.07, 6.45) is 1.83. The molecule has 6 heteroatoms. The summed E-state index contributed by atoms with van der Waals surface area (Å²) in [6.45, 7) is 14.2. The lowest BCUT2D eigenvalue weighted by Crippen LogP contribution is -2.17. The van der Waals surface area contributed by atoms with E-state index in [-0.39, 0.29) is 28.8 Å². The lowest BCUT2D eigenvalue weighted by Gasteiger charge is -2.28. The molecule has 0 atom stereocenters. The fourth-order valence-corrected chi connectivity index (χ4v) is 4.68. The van der Waals surface area contributed by atoms with Gasteiger partial charge in [0.25, 0.3) is 0 Å². The number of thioether (sulfide) groups is 1. The number of aliphatic imine (C=N–C) groups is 1. The number of ether oxygens (including phenoxy) is 1. The standard InChI is InChI=1S/C28H33NO4S/c1-8-33-26(32)22-24(31)21(34-25(22)29-18-12-10-9-11-13-18)16-17-14-19(27(2,3)4)23(30)20(15-17)28(5,6)7/h9-16,30-31H,8H2,1-7H3/b21-16-,29-25?. The molecule has 0 aromatic heterocycles. The van der Waals surface area contributed by atoms with Crippen molar-refractivity contribution in [1.29, 1.82) is 0 Å². The second-order valence-corrected chi connectivity index (χ2v) is 11.3. The Kier molecular flexibility index (Phi) is 7.32. The summed E-state index contributed by atoms with van der Waals surface area (Å²) in [5.41, 5.74) is 2.64. The molecule has 2 aromatic carbocycles. The summed E-state index contributed by atoms with van der Waals surface area (Å²) in [6, 6.07) is 13.1. The first-order valence-corrected chi connectivity index (χ1v) is 12.2. The van der Waals surface area contributed by atoms with Gasteiger partial charge in [0.15, 0.2) is 0 Å². The molecule has 34 heavy (non-hydrogen) atoms. The van der Waals surface area contributed by atoms with Crippen molar-refractivity contribution < 1.29 is 19.7 Å². The molecule has 3 rings (SSSR count). The number of aromatic hydroxyl groups is 1. The zero-order chi connectivity index (χ0) is 25.3. The monoisotopic (exact) mass is 479 g/mol. The number of aliphatic hydroxyl groups is 1. The van der Waals surface area contributed by atoms with Crippen LogP contribution in [0.15, 0.2) is 63.7 Å². The van der Waals surface area contributed by atoms with Gasteiger partial charge in [-0.15, -0.1) is 0 Å². The highest BCUT2D eigenvalue weighted by Gasteiger charge is 2.34. The van der Waals surface area contributed by atoms with E-state index in [1.54, 1.807) is 6.92 Å². The predicted molar refractivity (Wildman–Crippen MR) is 141 cm³/mol. The molecule has 0 radical (unpaired) electrons. The van der Waals surface area contributed by atoms with Crippen molar-refractivity contribution in [3.63, 3.8) is 0 Å². The maximum Gasteiger partial charge on any atom is 0.344 e. The first-order valence-electron chi connectivity index (χ1n) is 11.3. The lowest BCUT2D eigenvalue weighted by atomic mass is 9.78. The molecule has 0 fully saturated rings. The van der Waals surface area contributed by atoms with Gasteiger partial charge in [-0.25, -0.2) is 9.79 Å². The van der Waals surface area contributed by atoms with Gasteiger partial charge in [0.1, 0.15) is 22.1 Å². The fourth-order valence-electron chi connectivity index (χ4n) is 3.65. The van der Waals surface area contributed by atoms with Crippen molar-refractivity contribution >= 4 is 34.5 Å². The highest BCUT2D eigenvalue weighted by Crippen LogP contribution is 2.43. The Morgan fingerprint density at radius 1 is 1.00 bits per heavy atom. The van der Waals surface area contributed by atoms with Crippen LogP contribution in [0.5, 0.6) is 5.75 Å². The lowest BCUT2D eigenvalue weighted by molar-refractivity contribution is -0.138. The molecule has 0 aliphatic carbocycles. The first-order chi connectivity index (χ1) is 15.8. The van der Waals surface area contributed by atoms with Crippen molar-refractivity contribution in [2.24, 2.45) is 4.99 Å². The zero-order valence-corrected chi connectivity index (χ0v) is 21.7. The van der Waals surface area contributed by atoms with Gasteiger partial charge in [0.05, 0.1) is 17.2 Å². The van der Waals surface area contributed by atoms with E-state index in [9.17, 15) is 15.0 Å². The van der Waals surface area contributed by atoms with Gasteiger partial charge in [-0.1, -0.05) is 71.5 Å². The number of rotatable bonds is 4. The maximum atomic E-state index is 12.7. The number of carbonyl (C=O) groups excluding carboxylic acids is 1. The molecule has 2 N–H and O–H groups in total. The van der Waals surface area contributed by atoms with Crippen LogP contribution >= 0.6 is 11.8 Å². The van der Waals surface area contributed by atoms with Crippen LogP contribution in [0.2, 0.25) is 0 Å². The second kappa shape index (κ2) is 9.71. The third-order valence-corrected chi connectivity index (χ3v) is 6.42. The Bertz CT molecular complexity index is 1140. The highest BCUT2D eigenvalue weighted by molar-refractivity contribution is 8.18. The molecular weight excluding hydrogens is 446 g/mol. The Labute approximate surface area is 206 Å². The maximum absolute atomic E-state index is 12.7. The van der Waals surface area contributed by atoms with Gasteiger partial charge in [-0.2, -0.15) is 0 Å². The SMILES string of the molecule is CCOC(=O)C1=C(O)/C(=C/c2cc(C(C)(C)C)c(O)c(C(C)(C)C)c2)SC1=Nc1ccccc1. The third kappa shape index (κ3) is 5.55. The summed E-state index contributed by atoms with van der Waals surface area (Å²) in [7, 11) is 0. The topological polar surface area (TPSA) is 79.1 Å². The quantitative estimate of drug-likeness (QED) is 0.454. The van der Waals surface area contributed by atoms with Crippen LogP contribution in [0, 0.1) is 0 Å². The Morgan fingerprint density at radius 3 is 2.06 bits per heavy atom. The van der Waals surface area contributed by atoms with E-state index in [2.05, 4.69) is 46.5 Å². The minimum atomic E-state index is -0.609. The number of phenols is 1. The van der Waals surface area contributed by atoms with Crippen LogP contribution in [0.4, 0.5) is 5.69 Å². The summed E-state index contributed by atoms with van der Waals surface area (Å²) in [5.74, 6) is -0.470. The van der Waals surface area contributed by atoms with Crippen molar-refractivity contribution in [2.45, 2.75) is 59.3 Å². The summed E-state index contributed by atoms with van der Waals surface area (Å²) in [5, 5.41) is 22.4. The van der Waals surface area contributed by atoms with Crippen LogP contribution in [-0.4, -0.2) is 27.8 Å². The van der Waals surface area contributed by atoms with Crippen molar-refractivity contribution in [3.05, 3.63) is 75.4 Å². The van der Waals surface area contributed by atoms with Gasteiger partial charge in [0, 0.05) is 11.1 Å². The van der Waals surface area contributed by atoms with Gasteiger partial charge < -0.3 is 14.9 Å². The number of phenolic OH excluding ortho intramolecular Hbond substituents is 1.